The molecule has 2 aliphatic rings. The predicted molar refractivity (Wildman–Crippen MR) is 116 cm³/mol. The molecule has 32 heavy (non-hydrogen) atoms. The van der Waals surface area contributed by atoms with Crippen molar-refractivity contribution in [3.05, 3.63) is 22.3 Å². The van der Waals surface area contributed by atoms with E-state index < -0.39 is 40.8 Å². The number of aromatic nitrogens is 1. The van der Waals surface area contributed by atoms with Crippen LogP contribution in [0.2, 0.25) is 0 Å². The first-order valence-electron chi connectivity index (χ1n) is 9.39. The Morgan fingerprint density at radius 3 is 2.62 bits per heavy atom. The molecule has 3 rings (SSSR count). The summed E-state index contributed by atoms with van der Waals surface area (Å²) in [7, 11) is 0. The third-order valence-corrected chi connectivity index (χ3v) is 6.84. The Morgan fingerprint density at radius 1 is 1.41 bits per heavy atom. The van der Waals surface area contributed by atoms with Crippen molar-refractivity contribution >= 4 is 57.7 Å². The summed E-state index contributed by atoms with van der Waals surface area (Å²) in [4.78, 5) is 58.8. The fourth-order valence-corrected chi connectivity index (χ4v) is 4.96. The van der Waals surface area contributed by atoms with Gasteiger partial charge >= 0.3 is 11.9 Å². The number of nitrogens with two attached hydrogens (primary N) is 1. The number of carbonyl (C=O) groups excluding carboxylic acids is 2. The minimum absolute atomic E-state index is 0.0468. The number of carboxylic acids is 2. The van der Waals surface area contributed by atoms with Gasteiger partial charge in [0.2, 0.25) is 5.60 Å². The standard InChI is InChI=1S/C18H21N5O7S2/c1-4-7-5-31-14-10(13(25)23(14)11(7)15(26)27)21-12(24)9(8-6-32-17(19)20-8)22-30-18(2,3)16(28)29/h6,10,14H,4-5H2,1-3H3,(H2,19,20)(H,21,24)(H,26,27)(H,28,29)/b22-9-/t10-,14?/m1/s1. The van der Waals surface area contributed by atoms with Crippen molar-refractivity contribution in [1.82, 2.24) is 15.2 Å². The van der Waals surface area contributed by atoms with Gasteiger partial charge in [-0.1, -0.05) is 12.1 Å². The highest BCUT2D eigenvalue weighted by molar-refractivity contribution is 8.00. The molecule has 0 radical (unpaired) electrons. The number of rotatable bonds is 8. The number of fused-ring (bicyclic) bond motifs is 1. The van der Waals surface area contributed by atoms with Crippen molar-refractivity contribution in [1.29, 1.82) is 0 Å². The third-order valence-electron chi connectivity index (χ3n) is 4.82. The smallest absolute Gasteiger partial charge is 0.352 e. The van der Waals surface area contributed by atoms with E-state index in [2.05, 4.69) is 15.5 Å². The van der Waals surface area contributed by atoms with Crippen LogP contribution in [-0.4, -0.2) is 72.3 Å². The van der Waals surface area contributed by atoms with E-state index >= 15 is 0 Å². The maximum atomic E-state index is 12.9. The van der Waals surface area contributed by atoms with E-state index in [0.29, 0.717) is 17.7 Å². The number of nitrogen functional groups attached to an aromatic ring is 1. The second-order valence-corrected chi connectivity index (χ2v) is 9.38. The number of thioether (sulfide) groups is 1. The number of aliphatic carboxylic acids is 2. The Kier molecular flexibility index (Phi) is 6.46. The molecule has 5 N–H and O–H groups in total. The Labute approximate surface area is 190 Å². The fourth-order valence-electron chi connectivity index (χ4n) is 2.96. The number of hydrogen-bond donors (Lipinski definition) is 4. The Morgan fingerprint density at radius 2 is 2.09 bits per heavy atom. The zero-order chi connectivity index (χ0) is 23.8. The largest absolute Gasteiger partial charge is 0.478 e. The van der Waals surface area contributed by atoms with E-state index in [1.54, 1.807) is 0 Å². The SMILES string of the molecule is CCC1=C(C(=O)O)N2C(=O)[C@@H](NC(=O)/C(=N\OC(C)(C)C(=O)O)c3csc(N)n3)C2SC1. The molecule has 0 saturated carbocycles. The number of oxime groups is 1. The Hall–Kier alpha value is -3.13. The molecule has 12 nitrogen and oxygen atoms in total. The molecule has 2 aliphatic heterocycles. The second kappa shape index (κ2) is 8.78. The van der Waals surface area contributed by atoms with Gasteiger partial charge in [-0.3, -0.25) is 14.5 Å². The minimum Gasteiger partial charge on any atom is -0.478 e. The first-order valence-corrected chi connectivity index (χ1v) is 11.3. The van der Waals surface area contributed by atoms with Gasteiger partial charge in [0.25, 0.3) is 11.8 Å². The van der Waals surface area contributed by atoms with Crippen molar-refractivity contribution in [2.75, 3.05) is 11.5 Å². The van der Waals surface area contributed by atoms with Gasteiger partial charge in [-0.25, -0.2) is 14.6 Å². The molecule has 2 atom stereocenters. The number of amides is 2. The van der Waals surface area contributed by atoms with Crippen molar-refractivity contribution in [2.24, 2.45) is 5.16 Å². The number of anilines is 1. The Bertz CT molecular complexity index is 1050. The molecule has 0 aromatic carbocycles. The van der Waals surface area contributed by atoms with E-state index in [-0.39, 0.29) is 22.2 Å². The first-order chi connectivity index (χ1) is 15.0. The quantitative estimate of drug-likeness (QED) is 0.230. The van der Waals surface area contributed by atoms with Crippen LogP contribution >= 0.6 is 23.1 Å². The number of thiazole rings is 1. The van der Waals surface area contributed by atoms with Gasteiger partial charge in [0.05, 0.1) is 0 Å². The molecule has 1 saturated heterocycles. The van der Waals surface area contributed by atoms with Crippen LogP contribution in [0.4, 0.5) is 5.13 Å². The van der Waals surface area contributed by atoms with E-state index in [4.69, 9.17) is 10.6 Å². The fraction of sp³-hybridized carbons (Fsp3) is 0.444. The third kappa shape index (κ3) is 4.27. The summed E-state index contributed by atoms with van der Waals surface area (Å²) in [5.74, 6) is -3.49. The summed E-state index contributed by atoms with van der Waals surface area (Å²) >= 11 is 2.38. The van der Waals surface area contributed by atoms with Gasteiger partial charge < -0.3 is 26.1 Å². The van der Waals surface area contributed by atoms with E-state index in [0.717, 1.165) is 11.3 Å². The zero-order valence-corrected chi connectivity index (χ0v) is 19.0. The van der Waals surface area contributed by atoms with Gasteiger partial charge in [0.1, 0.15) is 22.8 Å². The molecule has 1 aromatic heterocycles. The molecule has 172 valence electrons. The van der Waals surface area contributed by atoms with Crippen LogP contribution in [0.3, 0.4) is 0 Å². The lowest BCUT2D eigenvalue weighted by atomic mass is 10.0. The predicted octanol–water partition coefficient (Wildman–Crippen LogP) is 0.458. The van der Waals surface area contributed by atoms with Crippen LogP contribution in [0.25, 0.3) is 0 Å². The molecule has 1 aromatic rings. The van der Waals surface area contributed by atoms with Crippen LogP contribution in [0.1, 0.15) is 32.9 Å². The molecule has 0 bridgehead atoms. The highest BCUT2D eigenvalue weighted by atomic mass is 32.2. The molecule has 14 heteroatoms. The topological polar surface area (TPSA) is 185 Å². The molecular formula is C18H21N5O7S2. The number of nitrogens with one attached hydrogen (secondary N) is 1. The normalized spacial score (nSPS) is 21.0. The summed E-state index contributed by atoms with van der Waals surface area (Å²) < 4.78 is 0. The van der Waals surface area contributed by atoms with Crippen molar-refractivity contribution in [3.8, 4) is 0 Å². The van der Waals surface area contributed by atoms with Crippen LogP contribution in [-0.2, 0) is 24.0 Å². The molecule has 1 unspecified atom stereocenters. The first kappa shape index (κ1) is 23.5. The van der Waals surface area contributed by atoms with Gasteiger partial charge in [-0.2, -0.15) is 0 Å². The number of hydrogen-bond acceptors (Lipinski definition) is 10. The summed E-state index contributed by atoms with van der Waals surface area (Å²) in [5, 5.41) is 25.9. The number of nitrogens with zero attached hydrogens (tertiary/aromatic N) is 3. The molecule has 0 spiro atoms. The average molecular weight is 484 g/mol. The maximum absolute atomic E-state index is 12.9. The summed E-state index contributed by atoms with van der Waals surface area (Å²) in [6.07, 6.45) is 0.487. The van der Waals surface area contributed by atoms with E-state index in [1.807, 2.05) is 6.92 Å². The lowest BCUT2D eigenvalue weighted by Crippen LogP contribution is -2.71. The van der Waals surface area contributed by atoms with Crippen molar-refractivity contribution in [3.63, 3.8) is 0 Å². The van der Waals surface area contributed by atoms with Crippen LogP contribution < -0.4 is 11.1 Å². The van der Waals surface area contributed by atoms with Gasteiger partial charge in [0.15, 0.2) is 10.8 Å². The number of β-lactam (4-membered cyclic amide) rings is 1. The lowest BCUT2D eigenvalue weighted by molar-refractivity contribution is -0.161. The van der Waals surface area contributed by atoms with E-state index in [1.165, 1.54) is 35.9 Å². The van der Waals surface area contributed by atoms with Gasteiger partial charge in [0, 0.05) is 11.1 Å². The van der Waals surface area contributed by atoms with Gasteiger partial charge in [-0.15, -0.1) is 23.1 Å². The number of carbonyl (C=O) groups is 4. The average Bonchev–Trinajstić information content (AvgIpc) is 3.16. The van der Waals surface area contributed by atoms with Crippen LogP contribution in [0.15, 0.2) is 21.8 Å². The van der Waals surface area contributed by atoms with Gasteiger partial charge in [-0.05, 0) is 25.8 Å². The van der Waals surface area contributed by atoms with Crippen LogP contribution in [0.5, 0.6) is 0 Å². The second-order valence-electron chi connectivity index (χ2n) is 7.39. The van der Waals surface area contributed by atoms with E-state index in [9.17, 15) is 29.4 Å². The molecule has 1 fully saturated rings. The number of carboxylic acid groups (broad SMARTS) is 2. The minimum atomic E-state index is -1.73. The highest BCUT2D eigenvalue weighted by Crippen LogP contribution is 2.41. The van der Waals surface area contributed by atoms with Crippen molar-refractivity contribution in [2.45, 2.75) is 44.2 Å². The monoisotopic (exact) mass is 483 g/mol. The molecular weight excluding hydrogens is 462 g/mol. The van der Waals surface area contributed by atoms with Crippen molar-refractivity contribution < 1.29 is 34.2 Å². The Balaban J connectivity index is 1.83. The molecule has 0 aliphatic carbocycles. The molecule has 3 heterocycles. The summed E-state index contributed by atoms with van der Waals surface area (Å²) in [6, 6.07) is -0.992. The maximum Gasteiger partial charge on any atom is 0.352 e. The zero-order valence-electron chi connectivity index (χ0n) is 17.3. The molecule has 2 amide bonds. The highest BCUT2D eigenvalue weighted by Gasteiger charge is 2.54. The summed E-state index contributed by atoms with van der Waals surface area (Å²) in [5.41, 5.74) is 4.17. The lowest BCUT2D eigenvalue weighted by Gasteiger charge is -2.49. The summed E-state index contributed by atoms with van der Waals surface area (Å²) in [6.45, 7) is 4.31. The van der Waals surface area contributed by atoms with Crippen LogP contribution in [0, 0.1) is 0 Å².